The molecule has 0 aliphatic carbocycles. The monoisotopic (exact) mass is 503 g/mol. The van der Waals surface area contributed by atoms with Crippen LogP contribution in [0.2, 0.25) is 0 Å². The number of aromatic nitrogens is 9. The Morgan fingerprint density at radius 1 is 1.14 bits per heavy atom. The van der Waals surface area contributed by atoms with Gasteiger partial charge in [-0.05, 0) is 29.5 Å². The minimum atomic E-state index is -0.834. The lowest BCUT2D eigenvalue weighted by Gasteiger charge is -2.24. The normalized spacial score (nSPS) is 11.1. The second-order valence-electron chi connectivity index (χ2n) is 8.09. The number of ketones is 1. The summed E-state index contributed by atoms with van der Waals surface area (Å²) in [6, 6.07) is 9.39. The first-order valence-corrected chi connectivity index (χ1v) is 11.4. The Morgan fingerprint density at radius 3 is 2.68 bits per heavy atom. The van der Waals surface area contributed by atoms with Gasteiger partial charge in [0.1, 0.15) is 0 Å². The number of tetrazole rings is 1. The molecule has 0 unspecified atom stereocenters. The number of para-hydroxylation sites is 1. The summed E-state index contributed by atoms with van der Waals surface area (Å²) in [5.74, 6) is -1.58. The van der Waals surface area contributed by atoms with Gasteiger partial charge in [-0.15, -0.1) is 5.10 Å². The number of carbonyl (C=O) groups excluding carboxylic acids is 2. The number of amides is 1. The number of rotatable bonds is 9. The highest BCUT2D eigenvalue weighted by atomic mass is 19.1. The molecular formula is C23H22FN11O2. The third kappa shape index (κ3) is 4.39. The second-order valence-corrected chi connectivity index (χ2v) is 8.09. The predicted molar refractivity (Wildman–Crippen MR) is 130 cm³/mol. The number of likely N-dealkylation sites (N-methyl/N-ethyl adjacent to an activating group) is 2. The number of Topliss-reactive ketones (excluding diaryl/α,β-unsaturated/α-hetero) is 1. The molecule has 0 bridgehead atoms. The van der Waals surface area contributed by atoms with Crippen molar-refractivity contribution in [2.45, 2.75) is 6.92 Å². The molecular weight excluding hydrogens is 481 g/mol. The van der Waals surface area contributed by atoms with Crippen LogP contribution in [0.4, 0.5) is 10.3 Å². The fourth-order valence-electron chi connectivity index (χ4n) is 3.96. The van der Waals surface area contributed by atoms with Gasteiger partial charge in [0.2, 0.25) is 5.95 Å². The highest BCUT2D eigenvalue weighted by Crippen LogP contribution is 2.26. The van der Waals surface area contributed by atoms with Crippen molar-refractivity contribution in [3.05, 3.63) is 66.5 Å². The van der Waals surface area contributed by atoms with Crippen molar-refractivity contribution in [2.75, 3.05) is 31.6 Å². The van der Waals surface area contributed by atoms with Crippen LogP contribution in [0.5, 0.6) is 0 Å². The van der Waals surface area contributed by atoms with E-state index in [9.17, 15) is 14.0 Å². The van der Waals surface area contributed by atoms with E-state index < -0.39 is 17.5 Å². The standard InChI is InChI=1S/C23H22FN11O2/c1-3-33(12-11-32(2)23-28-29-31-35(23)15-7-5-4-6-8-15)22(37)20(36)16-13-25-19-18(16)17(24)14-26-21(19)34-10-9-27-30-34/h4-10,13-14,25H,3,11-12H2,1-2H3. The van der Waals surface area contributed by atoms with Gasteiger partial charge in [0, 0.05) is 32.9 Å². The Kier molecular flexibility index (Phi) is 6.36. The van der Waals surface area contributed by atoms with Gasteiger partial charge in [-0.3, -0.25) is 9.59 Å². The van der Waals surface area contributed by atoms with Crippen LogP contribution in [0.15, 0.2) is 55.1 Å². The zero-order valence-corrected chi connectivity index (χ0v) is 20.0. The van der Waals surface area contributed by atoms with Crippen LogP contribution in [0.25, 0.3) is 22.4 Å². The number of hydrogen-bond donors (Lipinski definition) is 1. The van der Waals surface area contributed by atoms with Gasteiger partial charge in [0.15, 0.2) is 11.6 Å². The van der Waals surface area contributed by atoms with E-state index in [1.807, 2.05) is 30.3 Å². The number of aromatic amines is 1. The summed E-state index contributed by atoms with van der Waals surface area (Å²) in [5.41, 5.74) is 0.937. The lowest BCUT2D eigenvalue weighted by Crippen LogP contribution is -2.41. The molecule has 4 heterocycles. The van der Waals surface area contributed by atoms with E-state index >= 15 is 0 Å². The molecule has 0 atom stereocenters. The van der Waals surface area contributed by atoms with Crippen LogP contribution < -0.4 is 4.90 Å². The first-order valence-electron chi connectivity index (χ1n) is 11.4. The van der Waals surface area contributed by atoms with Crippen LogP contribution in [0, 0.1) is 5.82 Å². The first-order chi connectivity index (χ1) is 18.0. The first kappa shape index (κ1) is 23.7. The van der Waals surface area contributed by atoms with Gasteiger partial charge in [-0.2, -0.15) is 4.68 Å². The van der Waals surface area contributed by atoms with Crippen molar-refractivity contribution in [3.63, 3.8) is 0 Å². The van der Waals surface area contributed by atoms with Gasteiger partial charge in [0.05, 0.1) is 40.7 Å². The molecule has 0 aliphatic heterocycles. The number of nitrogens with zero attached hydrogens (tertiary/aromatic N) is 10. The van der Waals surface area contributed by atoms with Crippen molar-refractivity contribution < 1.29 is 14.0 Å². The molecule has 14 heteroatoms. The van der Waals surface area contributed by atoms with E-state index in [2.05, 4.69) is 35.8 Å². The molecule has 4 aromatic heterocycles. The number of halogens is 1. The Bertz CT molecular complexity index is 1550. The topological polar surface area (TPSA) is 144 Å². The van der Waals surface area contributed by atoms with E-state index in [0.29, 0.717) is 12.5 Å². The van der Waals surface area contributed by atoms with E-state index in [1.54, 1.807) is 23.6 Å². The van der Waals surface area contributed by atoms with Gasteiger partial charge in [0.25, 0.3) is 11.7 Å². The third-order valence-electron chi connectivity index (χ3n) is 5.89. The Hall–Kier alpha value is -5.01. The Balaban J connectivity index is 1.34. The van der Waals surface area contributed by atoms with Crippen LogP contribution >= 0.6 is 0 Å². The fourth-order valence-corrected chi connectivity index (χ4v) is 3.96. The lowest BCUT2D eigenvalue weighted by molar-refractivity contribution is -0.126. The van der Waals surface area contributed by atoms with Crippen LogP contribution in [-0.2, 0) is 4.79 Å². The van der Waals surface area contributed by atoms with Crippen molar-refractivity contribution in [1.82, 2.24) is 50.1 Å². The number of pyridine rings is 1. The van der Waals surface area contributed by atoms with Crippen LogP contribution in [0.3, 0.4) is 0 Å². The molecule has 37 heavy (non-hydrogen) atoms. The second kappa shape index (κ2) is 9.93. The molecule has 0 aliphatic rings. The summed E-state index contributed by atoms with van der Waals surface area (Å²) in [7, 11) is 1.79. The van der Waals surface area contributed by atoms with E-state index in [0.717, 1.165) is 11.9 Å². The SMILES string of the molecule is CCN(CCN(C)c1nnnn1-c1ccccc1)C(=O)C(=O)c1c[nH]c2c(-n3ccnn3)ncc(F)c12. The molecule has 0 saturated heterocycles. The molecule has 5 rings (SSSR count). The molecule has 188 valence electrons. The summed E-state index contributed by atoms with van der Waals surface area (Å²) in [5, 5.41) is 19.4. The summed E-state index contributed by atoms with van der Waals surface area (Å²) in [4.78, 5) is 36.4. The molecule has 13 nitrogen and oxygen atoms in total. The maximum atomic E-state index is 14.8. The Labute approximate surface area is 209 Å². The number of H-pyrrole nitrogens is 1. The summed E-state index contributed by atoms with van der Waals surface area (Å²) < 4.78 is 17.7. The smallest absolute Gasteiger partial charge is 0.295 e. The number of carbonyl (C=O) groups is 2. The zero-order valence-electron chi connectivity index (χ0n) is 20.0. The summed E-state index contributed by atoms with van der Waals surface area (Å²) >= 11 is 0. The van der Waals surface area contributed by atoms with Crippen LogP contribution in [-0.4, -0.2) is 88.4 Å². The van der Waals surface area contributed by atoms with E-state index in [1.165, 1.54) is 28.2 Å². The minimum Gasteiger partial charge on any atom is -0.357 e. The minimum absolute atomic E-state index is 0.0333. The molecule has 0 radical (unpaired) electrons. The molecule has 5 aromatic rings. The molecule has 0 spiro atoms. The zero-order chi connectivity index (χ0) is 25.9. The molecule has 1 amide bonds. The molecule has 0 saturated carbocycles. The van der Waals surface area contributed by atoms with Gasteiger partial charge in [-0.25, -0.2) is 14.1 Å². The fraction of sp³-hybridized carbons (Fsp3) is 0.217. The number of fused-ring (bicyclic) bond motifs is 1. The lowest BCUT2D eigenvalue weighted by atomic mass is 10.1. The van der Waals surface area contributed by atoms with Gasteiger partial charge < -0.3 is 14.8 Å². The summed E-state index contributed by atoms with van der Waals surface area (Å²) in [6.07, 6.45) is 5.28. The average Bonchev–Trinajstić information content (AvgIpc) is 3.70. The number of benzene rings is 1. The number of hydrogen-bond acceptors (Lipinski definition) is 9. The largest absolute Gasteiger partial charge is 0.357 e. The Morgan fingerprint density at radius 2 is 1.95 bits per heavy atom. The molecule has 1 N–H and O–H groups in total. The quantitative estimate of drug-likeness (QED) is 0.233. The van der Waals surface area contributed by atoms with Crippen molar-refractivity contribution in [2.24, 2.45) is 0 Å². The van der Waals surface area contributed by atoms with Gasteiger partial charge in [-0.1, -0.05) is 28.5 Å². The van der Waals surface area contributed by atoms with Crippen molar-refractivity contribution >= 4 is 28.5 Å². The number of anilines is 1. The highest BCUT2D eigenvalue weighted by Gasteiger charge is 2.28. The average molecular weight is 504 g/mol. The van der Waals surface area contributed by atoms with Crippen molar-refractivity contribution in [1.29, 1.82) is 0 Å². The maximum absolute atomic E-state index is 14.8. The van der Waals surface area contributed by atoms with E-state index in [4.69, 9.17) is 0 Å². The van der Waals surface area contributed by atoms with Crippen LogP contribution in [0.1, 0.15) is 17.3 Å². The molecule has 0 fully saturated rings. The van der Waals surface area contributed by atoms with Crippen molar-refractivity contribution in [3.8, 4) is 11.5 Å². The predicted octanol–water partition coefficient (Wildman–Crippen LogP) is 1.43. The van der Waals surface area contributed by atoms with E-state index in [-0.39, 0.29) is 35.4 Å². The highest BCUT2D eigenvalue weighted by molar-refractivity contribution is 6.45. The third-order valence-corrected chi connectivity index (χ3v) is 5.89. The maximum Gasteiger partial charge on any atom is 0.295 e. The molecule has 1 aromatic carbocycles. The summed E-state index contributed by atoms with van der Waals surface area (Å²) in [6.45, 7) is 2.61. The number of nitrogens with one attached hydrogen (secondary N) is 1. The van der Waals surface area contributed by atoms with Gasteiger partial charge >= 0.3 is 0 Å².